The molecular weight excluding hydrogens is 360 g/mol. The molecule has 6 nitrogen and oxygen atoms in total. The second kappa shape index (κ2) is 8.25. The van der Waals surface area contributed by atoms with E-state index >= 15 is 0 Å². The van der Waals surface area contributed by atoms with Crippen molar-refractivity contribution in [3.63, 3.8) is 0 Å². The first-order chi connectivity index (χ1) is 14.4. The molecule has 0 aliphatic carbocycles. The van der Waals surface area contributed by atoms with Gasteiger partial charge in [0.2, 0.25) is 0 Å². The van der Waals surface area contributed by atoms with Gasteiger partial charge in [0.05, 0.1) is 17.6 Å². The molecule has 2 fully saturated rings. The quantitative estimate of drug-likeness (QED) is 0.687. The lowest BCUT2D eigenvalue weighted by Crippen LogP contribution is -2.53. The first-order valence-corrected chi connectivity index (χ1v) is 10.6. The predicted octanol–water partition coefficient (Wildman–Crippen LogP) is 3.06. The van der Waals surface area contributed by atoms with Crippen LogP contribution in [0.4, 0.5) is 11.4 Å². The van der Waals surface area contributed by atoms with Gasteiger partial charge in [-0.2, -0.15) is 5.10 Å². The average molecular weight is 389 g/mol. The number of piperidine rings is 1. The molecule has 0 saturated carbocycles. The van der Waals surface area contributed by atoms with Gasteiger partial charge in [0.25, 0.3) is 0 Å². The number of nitrogens with zero attached hydrogens (tertiary/aromatic N) is 6. The second-order valence-electron chi connectivity index (χ2n) is 7.92. The lowest BCUT2D eigenvalue weighted by atomic mass is 10.0. The zero-order chi connectivity index (χ0) is 19.5. The molecular formula is C23H28N6. The number of aromatic nitrogens is 3. The molecule has 0 amide bonds. The monoisotopic (exact) mass is 388 g/mol. The third kappa shape index (κ3) is 3.98. The van der Waals surface area contributed by atoms with Crippen LogP contribution >= 0.6 is 0 Å². The Morgan fingerprint density at radius 3 is 2.21 bits per heavy atom. The smallest absolute Gasteiger partial charge is 0.0666 e. The van der Waals surface area contributed by atoms with Gasteiger partial charge in [-0.25, -0.2) is 4.68 Å². The van der Waals surface area contributed by atoms with Gasteiger partial charge in [-0.15, -0.1) is 0 Å². The minimum Gasteiger partial charge on any atom is -0.371 e. The molecule has 2 aliphatic heterocycles. The van der Waals surface area contributed by atoms with Gasteiger partial charge in [0, 0.05) is 69.6 Å². The van der Waals surface area contributed by atoms with Crippen LogP contribution in [-0.4, -0.2) is 65.0 Å². The van der Waals surface area contributed by atoms with Crippen LogP contribution in [0.2, 0.25) is 0 Å². The fourth-order valence-corrected chi connectivity index (χ4v) is 4.63. The van der Waals surface area contributed by atoms with Crippen molar-refractivity contribution in [3.05, 3.63) is 67.3 Å². The van der Waals surface area contributed by atoms with Crippen LogP contribution in [-0.2, 0) is 0 Å². The fourth-order valence-electron chi connectivity index (χ4n) is 4.63. The molecule has 5 rings (SSSR count). The summed E-state index contributed by atoms with van der Waals surface area (Å²) >= 11 is 0. The first kappa shape index (κ1) is 18.2. The van der Waals surface area contributed by atoms with Crippen molar-refractivity contribution in [2.45, 2.75) is 18.9 Å². The maximum absolute atomic E-state index is 4.36. The van der Waals surface area contributed by atoms with Crippen LogP contribution in [0.3, 0.4) is 0 Å². The highest BCUT2D eigenvalue weighted by Crippen LogP contribution is 2.25. The summed E-state index contributed by atoms with van der Waals surface area (Å²) in [7, 11) is 0. The minimum absolute atomic E-state index is 0.705. The van der Waals surface area contributed by atoms with Gasteiger partial charge >= 0.3 is 0 Å². The number of piperazine rings is 1. The highest BCUT2D eigenvalue weighted by Gasteiger charge is 2.27. The Bertz CT molecular complexity index is 894. The van der Waals surface area contributed by atoms with Gasteiger partial charge < -0.3 is 9.80 Å². The molecule has 1 aromatic carbocycles. The number of rotatable bonds is 4. The lowest BCUT2D eigenvalue weighted by molar-refractivity contribution is 0.160. The van der Waals surface area contributed by atoms with Crippen LogP contribution in [0, 0.1) is 0 Å². The normalized spacial score (nSPS) is 18.9. The molecule has 2 aromatic heterocycles. The zero-order valence-corrected chi connectivity index (χ0v) is 16.8. The van der Waals surface area contributed by atoms with Crippen molar-refractivity contribution in [3.8, 4) is 5.69 Å². The third-order valence-electron chi connectivity index (χ3n) is 6.27. The number of anilines is 2. The van der Waals surface area contributed by atoms with Crippen molar-refractivity contribution in [1.29, 1.82) is 0 Å². The number of hydrogen-bond donors (Lipinski definition) is 0. The Balaban J connectivity index is 1.16. The van der Waals surface area contributed by atoms with E-state index in [1.165, 1.54) is 24.2 Å². The maximum Gasteiger partial charge on any atom is 0.0666 e. The van der Waals surface area contributed by atoms with Crippen LogP contribution in [0.1, 0.15) is 12.8 Å². The van der Waals surface area contributed by atoms with E-state index in [9.17, 15) is 0 Å². The molecule has 0 spiro atoms. The summed E-state index contributed by atoms with van der Waals surface area (Å²) in [5, 5.41) is 4.36. The third-order valence-corrected chi connectivity index (χ3v) is 6.27. The highest BCUT2D eigenvalue weighted by atomic mass is 15.3. The summed E-state index contributed by atoms with van der Waals surface area (Å²) in [5.74, 6) is 0. The molecule has 0 radical (unpaired) electrons. The Labute approximate surface area is 172 Å². The predicted molar refractivity (Wildman–Crippen MR) is 117 cm³/mol. The van der Waals surface area contributed by atoms with E-state index in [4.69, 9.17) is 0 Å². The molecule has 0 bridgehead atoms. The standard InChI is InChI=1S/C23H28N6/c1-4-21(18-22(5-1)29-11-3-10-25-29)26-12-7-20(8-13-26)27-14-16-28(17-15-27)23-6-2-9-24-19-23/h1-6,9-11,18-20H,7-8,12-17H2. The number of pyridine rings is 1. The Morgan fingerprint density at radius 2 is 1.48 bits per heavy atom. The zero-order valence-electron chi connectivity index (χ0n) is 16.8. The second-order valence-corrected chi connectivity index (χ2v) is 7.92. The van der Waals surface area contributed by atoms with Crippen molar-refractivity contribution in [1.82, 2.24) is 19.7 Å². The molecule has 0 N–H and O–H groups in total. The molecule has 2 saturated heterocycles. The van der Waals surface area contributed by atoms with Gasteiger partial charge in [-0.05, 0) is 49.2 Å². The topological polar surface area (TPSA) is 40.4 Å². The van der Waals surface area contributed by atoms with E-state index in [2.05, 4.69) is 55.1 Å². The van der Waals surface area contributed by atoms with Gasteiger partial charge in [0.15, 0.2) is 0 Å². The summed E-state index contributed by atoms with van der Waals surface area (Å²) < 4.78 is 1.93. The molecule has 150 valence electrons. The van der Waals surface area contributed by atoms with Crippen LogP contribution in [0.25, 0.3) is 5.69 Å². The van der Waals surface area contributed by atoms with E-state index in [-0.39, 0.29) is 0 Å². The summed E-state index contributed by atoms with van der Waals surface area (Å²) in [5.41, 5.74) is 3.68. The summed E-state index contributed by atoms with van der Waals surface area (Å²) in [6, 6.07) is 15.6. The molecule has 29 heavy (non-hydrogen) atoms. The van der Waals surface area contributed by atoms with Crippen molar-refractivity contribution < 1.29 is 0 Å². The molecule has 0 atom stereocenters. The number of hydrogen-bond acceptors (Lipinski definition) is 5. The maximum atomic E-state index is 4.36. The Kier molecular flexibility index (Phi) is 5.17. The lowest BCUT2D eigenvalue weighted by Gasteiger charge is -2.43. The van der Waals surface area contributed by atoms with Gasteiger partial charge in [0.1, 0.15) is 0 Å². The van der Waals surface area contributed by atoms with E-state index in [0.29, 0.717) is 6.04 Å². The number of benzene rings is 1. The minimum atomic E-state index is 0.705. The largest absolute Gasteiger partial charge is 0.371 e. The highest BCUT2D eigenvalue weighted by molar-refractivity contribution is 5.53. The molecule has 3 aromatic rings. The Hall–Kier alpha value is -2.86. The molecule has 4 heterocycles. The Morgan fingerprint density at radius 1 is 0.724 bits per heavy atom. The first-order valence-electron chi connectivity index (χ1n) is 10.6. The van der Waals surface area contributed by atoms with E-state index in [1.807, 2.05) is 41.6 Å². The van der Waals surface area contributed by atoms with Crippen LogP contribution in [0.5, 0.6) is 0 Å². The van der Waals surface area contributed by atoms with Crippen LogP contribution in [0.15, 0.2) is 67.3 Å². The van der Waals surface area contributed by atoms with Gasteiger partial charge in [-0.3, -0.25) is 9.88 Å². The van der Waals surface area contributed by atoms with Crippen molar-refractivity contribution in [2.75, 3.05) is 49.1 Å². The fraction of sp³-hybridized carbons (Fsp3) is 0.391. The van der Waals surface area contributed by atoms with E-state index < -0.39 is 0 Å². The summed E-state index contributed by atoms with van der Waals surface area (Å²) in [6.45, 7) is 6.73. The van der Waals surface area contributed by atoms with E-state index in [0.717, 1.165) is 45.0 Å². The van der Waals surface area contributed by atoms with Crippen LogP contribution < -0.4 is 9.80 Å². The van der Waals surface area contributed by atoms with E-state index in [1.54, 1.807) is 0 Å². The van der Waals surface area contributed by atoms with Gasteiger partial charge in [-0.1, -0.05) is 6.07 Å². The summed E-state index contributed by atoms with van der Waals surface area (Å²) in [4.78, 5) is 11.9. The average Bonchev–Trinajstić information content (AvgIpc) is 3.35. The molecule has 6 heteroatoms. The summed E-state index contributed by atoms with van der Waals surface area (Å²) in [6.07, 6.45) is 10.1. The molecule has 2 aliphatic rings. The SMILES string of the molecule is c1cncc(N2CCN(C3CCN(c4cccc(-n5cccn5)c4)CC3)CC2)c1. The van der Waals surface area contributed by atoms with Crippen molar-refractivity contribution in [2.24, 2.45) is 0 Å². The molecule has 0 unspecified atom stereocenters. The van der Waals surface area contributed by atoms with Crippen molar-refractivity contribution >= 4 is 11.4 Å².